The summed E-state index contributed by atoms with van der Waals surface area (Å²) in [5.74, 6) is 0.941. The number of nitrogens with two attached hydrogens (primary N) is 1. The minimum absolute atomic E-state index is 0.0397. The second-order valence-corrected chi connectivity index (χ2v) is 5.19. The van der Waals surface area contributed by atoms with Gasteiger partial charge in [-0.3, -0.25) is 0 Å². The van der Waals surface area contributed by atoms with Gasteiger partial charge in [0.15, 0.2) is 11.6 Å². The SMILES string of the molecule is CNc1ncc(S(N)(=O)=O)cc1OC1CC1. The molecule has 88 valence electrons. The van der Waals surface area contributed by atoms with Crippen molar-refractivity contribution in [3.8, 4) is 5.75 Å². The molecule has 3 N–H and O–H groups in total. The Bertz CT molecular complexity index is 497. The normalized spacial score (nSPS) is 15.9. The summed E-state index contributed by atoms with van der Waals surface area (Å²) in [6, 6.07) is 1.40. The van der Waals surface area contributed by atoms with Crippen molar-refractivity contribution in [1.82, 2.24) is 4.98 Å². The van der Waals surface area contributed by atoms with Crippen molar-refractivity contribution in [1.29, 1.82) is 0 Å². The summed E-state index contributed by atoms with van der Waals surface area (Å²) in [5, 5.41) is 7.86. The van der Waals surface area contributed by atoms with Crippen LogP contribution in [0.25, 0.3) is 0 Å². The fourth-order valence-electron chi connectivity index (χ4n) is 1.23. The molecule has 0 bridgehead atoms. The molecule has 0 atom stereocenters. The van der Waals surface area contributed by atoms with E-state index in [0.29, 0.717) is 11.6 Å². The summed E-state index contributed by atoms with van der Waals surface area (Å²) in [6.45, 7) is 0. The first-order valence-electron chi connectivity index (χ1n) is 4.88. The third-order valence-corrected chi connectivity index (χ3v) is 3.09. The standard InChI is InChI=1S/C9H13N3O3S/c1-11-9-8(15-6-2-3-6)4-7(5-12-9)16(10,13)14/h4-6H,2-3H2,1H3,(H,11,12)(H2,10,13,14). The van der Waals surface area contributed by atoms with Gasteiger partial charge >= 0.3 is 0 Å². The van der Waals surface area contributed by atoms with Crippen LogP contribution in [0.2, 0.25) is 0 Å². The number of rotatable bonds is 4. The number of sulfonamides is 1. The number of pyridine rings is 1. The zero-order valence-corrected chi connectivity index (χ0v) is 9.62. The fraction of sp³-hybridized carbons (Fsp3) is 0.444. The van der Waals surface area contributed by atoms with E-state index in [2.05, 4.69) is 10.3 Å². The van der Waals surface area contributed by atoms with Crippen molar-refractivity contribution in [3.63, 3.8) is 0 Å². The Morgan fingerprint density at radius 3 is 2.75 bits per heavy atom. The topological polar surface area (TPSA) is 94.3 Å². The van der Waals surface area contributed by atoms with E-state index < -0.39 is 10.0 Å². The summed E-state index contributed by atoms with van der Waals surface area (Å²) in [7, 11) is -2.04. The van der Waals surface area contributed by atoms with Crippen LogP contribution in [0, 0.1) is 0 Å². The number of ether oxygens (including phenoxy) is 1. The molecule has 7 heteroatoms. The van der Waals surface area contributed by atoms with Gasteiger partial charge in [0.25, 0.3) is 0 Å². The largest absolute Gasteiger partial charge is 0.487 e. The molecule has 0 radical (unpaired) electrons. The van der Waals surface area contributed by atoms with Crippen molar-refractivity contribution in [2.75, 3.05) is 12.4 Å². The predicted molar refractivity (Wildman–Crippen MR) is 58.8 cm³/mol. The van der Waals surface area contributed by atoms with Crippen molar-refractivity contribution >= 4 is 15.8 Å². The van der Waals surface area contributed by atoms with Gasteiger partial charge in [0, 0.05) is 19.3 Å². The van der Waals surface area contributed by atoms with E-state index in [1.54, 1.807) is 7.05 Å². The average molecular weight is 243 g/mol. The average Bonchev–Trinajstić information content (AvgIpc) is 3.00. The lowest BCUT2D eigenvalue weighted by Gasteiger charge is -2.10. The van der Waals surface area contributed by atoms with E-state index in [1.807, 2.05) is 0 Å². The Morgan fingerprint density at radius 1 is 1.56 bits per heavy atom. The molecule has 0 aliphatic heterocycles. The lowest BCUT2D eigenvalue weighted by atomic mass is 10.4. The molecule has 1 aromatic heterocycles. The van der Waals surface area contributed by atoms with Crippen LogP contribution in [0.5, 0.6) is 5.75 Å². The van der Waals surface area contributed by atoms with Gasteiger partial charge in [-0.15, -0.1) is 0 Å². The Hall–Kier alpha value is -1.34. The molecule has 1 aromatic rings. The molecule has 0 unspecified atom stereocenters. The minimum Gasteiger partial charge on any atom is -0.487 e. The Morgan fingerprint density at radius 2 is 2.25 bits per heavy atom. The van der Waals surface area contributed by atoms with Crippen LogP contribution >= 0.6 is 0 Å². The number of nitrogens with zero attached hydrogens (tertiary/aromatic N) is 1. The molecular formula is C9H13N3O3S. The van der Waals surface area contributed by atoms with Gasteiger partial charge in [-0.05, 0) is 12.8 Å². The molecule has 0 aromatic carbocycles. The Kier molecular flexibility index (Phi) is 2.73. The first kappa shape index (κ1) is 11.2. The summed E-state index contributed by atoms with van der Waals surface area (Å²) in [5.41, 5.74) is 0. The molecule has 1 fully saturated rings. The van der Waals surface area contributed by atoms with Crippen LogP contribution in [-0.2, 0) is 10.0 Å². The Labute approximate surface area is 93.9 Å². The van der Waals surface area contributed by atoms with E-state index in [4.69, 9.17) is 9.88 Å². The first-order valence-corrected chi connectivity index (χ1v) is 6.42. The molecule has 0 saturated heterocycles. The molecule has 2 rings (SSSR count). The van der Waals surface area contributed by atoms with Crippen LogP contribution in [-0.4, -0.2) is 26.6 Å². The highest BCUT2D eigenvalue weighted by Crippen LogP contribution is 2.31. The summed E-state index contributed by atoms with van der Waals surface area (Å²) < 4.78 is 27.8. The van der Waals surface area contributed by atoms with E-state index in [1.165, 1.54) is 12.3 Å². The lowest BCUT2D eigenvalue weighted by Crippen LogP contribution is -2.13. The van der Waals surface area contributed by atoms with Gasteiger partial charge in [0.1, 0.15) is 4.90 Å². The highest BCUT2D eigenvalue weighted by molar-refractivity contribution is 7.89. The highest BCUT2D eigenvalue weighted by atomic mass is 32.2. The second kappa shape index (κ2) is 3.91. The summed E-state index contributed by atoms with van der Waals surface area (Å²) in [6.07, 6.45) is 3.36. The van der Waals surface area contributed by atoms with Gasteiger partial charge in [-0.2, -0.15) is 0 Å². The molecule has 6 nitrogen and oxygen atoms in total. The molecule has 1 aliphatic carbocycles. The monoisotopic (exact) mass is 243 g/mol. The quantitative estimate of drug-likeness (QED) is 0.793. The zero-order chi connectivity index (χ0) is 11.8. The summed E-state index contributed by atoms with van der Waals surface area (Å²) >= 11 is 0. The number of aromatic nitrogens is 1. The van der Waals surface area contributed by atoms with Crippen LogP contribution < -0.4 is 15.2 Å². The molecule has 1 heterocycles. The van der Waals surface area contributed by atoms with Crippen LogP contribution in [0.4, 0.5) is 5.82 Å². The molecule has 0 amide bonds. The van der Waals surface area contributed by atoms with Crippen molar-refractivity contribution in [2.24, 2.45) is 5.14 Å². The van der Waals surface area contributed by atoms with Crippen LogP contribution in [0.15, 0.2) is 17.2 Å². The minimum atomic E-state index is -3.74. The molecule has 1 saturated carbocycles. The predicted octanol–water partition coefficient (Wildman–Crippen LogP) is 0.312. The summed E-state index contributed by atoms with van der Waals surface area (Å²) in [4.78, 5) is 3.91. The number of hydrogen-bond acceptors (Lipinski definition) is 5. The molecule has 1 aliphatic rings. The molecule has 16 heavy (non-hydrogen) atoms. The van der Waals surface area contributed by atoms with Gasteiger partial charge in [-0.25, -0.2) is 18.5 Å². The maximum atomic E-state index is 11.1. The third kappa shape index (κ3) is 2.42. The first-order chi connectivity index (χ1) is 7.50. The third-order valence-electron chi connectivity index (χ3n) is 2.21. The van der Waals surface area contributed by atoms with Crippen LogP contribution in [0.1, 0.15) is 12.8 Å². The molecule has 0 spiro atoms. The van der Waals surface area contributed by atoms with Gasteiger partial charge in [0.2, 0.25) is 10.0 Å². The van der Waals surface area contributed by atoms with Gasteiger partial charge in [0.05, 0.1) is 6.10 Å². The van der Waals surface area contributed by atoms with Crippen molar-refractivity contribution in [3.05, 3.63) is 12.3 Å². The maximum Gasteiger partial charge on any atom is 0.239 e. The lowest BCUT2D eigenvalue weighted by molar-refractivity contribution is 0.303. The zero-order valence-electron chi connectivity index (χ0n) is 8.80. The second-order valence-electron chi connectivity index (χ2n) is 3.63. The van der Waals surface area contributed by atoms with E-state index in [0.717, 1.165) is 12.8 Å². The van der Waals surface area contributed by atoms with Crippen LogP contribution in [0.3, 0.4) is 0 Å². The van der Waals surface area contributed by atoms with E-state index in [-0.39, 0.29) is 11.0 Å². The smallest absolute Gasteiger partial charge is 0.239 e. The highest BCUT2D eigenvalue weighted by Gasteiger charge is 2.25. The van der Waals surface area contributed by atoms with Crippen molar-refractivity contribution < 1.29 is 13.2 Å². The fourth-order valence-corrected chi connectivity index (χ4v) is 1.70. The van der Waals surface area contributed by atoms with Gasteiger partial charge < -0.3 is 10.1 Å². The number of hydrogen-bond donors (Lipinski definition) is 2. The van der Waals surface area contributed by atoms with Crippen molar-refractivity contribution in [2.45, 2.75) is 23.8 Å². The Balaban J connectivity index is 2.37. The number of nitrogens with one attached hydrogen (secondary N) is 1. The van der Waals surface area contributed by atoms with E-state index >= 15 is 0 Å². The van der Waals surface area contributed by atoms with E-state index in [9.17, 15) is 8.42 Å². The number of primary sulfonamides is 1. The van der Waals surface area contributed by atoms with Gasteiger partial charge in [-0.1, -0.05) is 0 Å². The maximum absolute atomic E-state index is 11.1. The molecular weight excluding hydrogens is 230 g/mol. The number of anilines is 1.